The van der Waals surface area contributed by atoms with E-state index in [4.69, 9.17) is 5.73 Å². The third-order valence-corrected chi connectivity index (χ3v) is 2.25. The SMILES string of the molecule is CC(CN)N(C)C(=O)c1cn(C)cn1. The van der Waals surface area contributed by atoms with Gasteiger partial charge in [0.05, 0.1) is 6.33 Å². The zero-order valence-corrected chi connectivity index (χ0v) is 8.77. The number of aromatic nitrogens is 2. The van der Waals surface area contributed by atoms with Crippen LogP contribution in [0.1, 0.15) is 17.4 Å². The fourth-order valence-electron chi connectivity index (χ4n) is 1.06. The number of rotatable bonds is 3. The molecule has 5 nitrogen and oxygen atoms in total. The topological polar surface area (TPSA) is 64.2 Å². The van der Waals surface area contributed by atoms with E-state index in [1.807, 2.05) is 14.0 Å². The average molecular weight is 196 g/mol. The van der Waals surface area contributed by atoms with Gasteiger partial charge in [0.25, 0.3) is 5.91 Å². The van der Waals surface area contributed by atoms with Crippen LogP contribution in [-0.4, -0.2) is 40.0 Å². The molecule has 1 rings (SSSR count). The van der Waals surface area contributed by atoms with Crippen LogP contribution in [-0.2, 0) is 7.05 Å². The molecule has 1 aromatic heterocycles. The minimum Gasteiger partial charge on any atom is -0.340 e. The Hall–Kier alpha value is -1.36. The lowest BCUT2D eigenvalue weighted by Crippen LogP contribution is -2.39. The second-order valence-electron chi connectivity index (χ2n) is 3.43. The van der Waals surface area contributed by atoms with Gasteiger partial charge in [-0.1, -0.05) is 0 Å². The Kier molecular flexibility index (Phi) is 3.24. The first kappa shape index (κ1) is 10.7. The molecule has 1 amide bonds. The molecular formula is C9H16N4O. The summed E-state index contributed by atoms with van der Waals surface area (Å²) < 4.78 is 1.74. The number of carbonyl (C=O) groups is 1. The fourth-order valence-corrected chi connectivity index (χ4v) is 1.06. The second kappa shape index (κ2) is 4.23. The van der Waals surface area contributed by atoms with Gasteiger partial charge in [0, 0.05) is 32.9 Å². The third kappa shape index (κ3) is 2.11. The van der Waals surface area contributed by atoms with Crippen LogP contribution < -0.4 is 5.73 Å². The largest absolute Gasteiger partial charge is 0.340 e. The molecule has 5 heteroatoms. The normalized spacial score (nSPS) is 12.6. The molecular weight excluding hydrogens is 180 g/mol. The van der Waals surface area contributed by atoms with Gasteiger partial charge < -0.3 is 15.2 Å². The predicted molar refractivity (Wildman–Crippen MR) is 53.8 cm³/mol. The van der Waals surface area contributed by atoms with Crippen molar-refractivity contribution < 1.29 is 4.79 Å². The first-order chi connectivity index (χ1) is 6.56. The number of hydrogen-bond acceptors (Lipinski definition) is 3. The molecule has 2 N–H and O–H groups in total. The number of nitrogens with zero attached hydrogens (tertiary/aromatic N) is 3. The average Bonchev–Trinajstić information content (AvgIpc) is 2.61. The van der Waals surface area contributed by atoms with Gasteiger partial charge in [-0.3, -0.25) is 4.79 Å². The number of carbonyl (C=O) groups excluding carboxylic acids is 1. The maximum absolute atomic E-state index is 11.8. The Bertz CT molecular complexity index is 320. The molecule has 0 saturated carbocycles. The van der Waals surface area contributed by atoms with E-state index in [0.717, 1.165) is 0 Å². The Morgan fingerprint density at radius 3 is 2.86 bits per heavy atom. The van der Waals surface area contributed by atoms with Crippen molar-refractivity contribution in [2.75, 3.05) is 13.6 Å². The molecule has 1 aromatic rings. The maximum atomic E-state index is 11.8. The summed E-state index contributed by atoms with van der Waals surface area (Å²) in [6.07, 6.45) is 3.30. The highest BCUT2D eigenvalue weighted by Gasteiger charge is 2.17. The van der Waals surface area contributed by atoms with Gasteiger partial charge in [0.1, 0.15) is 5.69 Å². The molecule has 0 radical (unpaired) electrons. The van der Waals surface area contributed by atoms with E-state index in [-0.39, 0.29) is 11.9 Å². The molecule has 0 saturated heterocycles. The lowest BCUT2D eigenvalue weighted by Gasteiger charge is -2.22. The van der Waals surface area contributed by atoms with Crippen LogP contribution in [0.5, 0.6) is 0 Å². The van der Waals surface area contributed by atoms with Crippen molar-refractivity contribution in [3.63, 3.8) is 0 Å². The van der Waals surface area contributed by atoms with Crippen LogP contribution in [0.25, 0.3) is 0 Å². The number of hydrogen-bond donors (Lipinski definition) is 1. The standard InChI is InChI=1S/C9H16N4O/c1-7(4-10)13(3)9(14)8-5-12(2)6-11-8/h5-7H,4,10H2,1-3H3. The maximum Gasteiger partial charge on any atom is 0.274 e. The van der Waals surface area contributed by atoms with Gasteiger partial charge in [-0.25, -0.2) is 4.98 Å². The highest BCUT2D eigenvalue weighted by Crippen LogP contribution is 2.02. The van der Waals surface area contributed by atoms with E-state index in [1.165, 1.54) is 0 Å². The third-order valence-electron chi connectivity index (χ3n) is 2.25. The second-order valence-corrected chi connectivity index (χ2v) is 3.43. The van der Waals surface area contributed by atoms with Crippen LogP contribution in [0, 0.1) is 0 Å². The minimum absolute atomic E-state index is 0.0320. The predicted octanol–water partition coefficient (Wildman–Crippen LogP) is -0.161. The van der Waals surface area contributed by atoms with Gasteiger partial charge in [-0.2, -0.15) is 0 Å². The van der Waals surface area contributed by atoms with Crippen molar-refractivity contribution in [3.8, 4) is 0 Å². The van der Waals surface area contributed by atoms with Crippen molar-refractivity contribution in [2.24, 2.45) is 12.8 Å². The molecule has 0 fully saturated rings. The molecule has 0 bridgehead atoms. The lowest BCUT2D eigenvalue weighted by atomic mass is 10.3. The van der Waals surface area contributed by atoms with Crippen molar-refractivity contribution in [3.05, 3.63) is 18.2 Å². The van der Waals surface area contributed by atoms with Gasteiger partial charge in [-0.05, 0) is 6.92 Å². The summed E-state index contributed by atoms with van der Waals surface area (Å²) in [5.41, 5.74) is 5.93. The summed E-state index contributed by atoms with van der Waals surface area (Å²) in [4.78, 5) is 17.3. The summed E-state index contributed by atoms with van der Waals surface area (Å²) in [5.74, 6) is -0.0939. The fraction of sp³-hybridized carbons (Fsp3) is 0.556. The molecule has 1 unspecified atom stereocenters. The Labute approximate surface area is 83.5 Å². The van der Waals surface area contributed by atoms with Crippen LogP contribution >= 0.6 is 0 Å². The number of nitrogens with two attached hydrogens (primary N) is 1. The summed E-state index contributed by atoms with van der Waals surface area (Å²) >= 11 is 0. The van der Waals surface area contributed by atoms with Gasteiger partial charge >= 0.3 is 0 Å². The number of imidazole rings is 1. The monoisotopic (exact) mass is 196 g/mol. The van der Waals surface area contributed by atoms with E-state index in [1.54, 1.807) is 29.0 Å². The Morgan fingerprint density at radius 2 is 2.43 bits per heavy atom. The molecule has 0 aliphatic rings. The molecule has 0 aromatic carbocycles. The Balaban J connectivity index is 2.75. The van der Waals surface area contributed by atoms with E-state index >= 15 is 0 Å². The first-order valence-corrected chi connectivity index (χ1v) is 4.51. The minimum atomic E-state index is -0.0939. The van der Waals surface area contributed by atoms with Crippen LogP contribution in [0.15, 0.2) is 12.5 Å². The van der Waals surface area contributed by atoms with Crippen molar-refractivity contribution in [2.45, 2.75) is 13.0 Å². The summed E-state index contributed by atoms with van der Waals surface area (Å²) in [6, 6.07) is 0.0320. The van der Waals surface area contributed by atoms with E-state index in [2.05, 4.69) is 4.98 Å². The highest BCUT2D eigenvalue weighted by atomic mass is 16.2. The zero-order valence-electron chi connectivity index (χ0n) is 8.77. The number of likely N-dealkylation sites (N-methyl/N-ethyl adjacent to an activating group) is 1. The van der Waals surface area contributed by atoms with E-state index in [0.29, 0.717) is 12.2 Å². The molecule has 14 heavy (non-hydrogen) atoms. The van der Waals surface area contributed by atoms with Crippen molar-refractivity contribution in [1.29, 1.82) is 0 Å². The molecule has 0 aliphatic carbocycles. The molecule has 0 spiro atoms. The van der Waals surface area contributed by atoms with Crippen LogP contribution in [0.2, 0.25) is 0 Å². The molecule has 0 aliphatic heterocycles. The van der Waals surface area contributed by atoms with Crippen molar-refractivity contribution >= 4 is 5.91 Å². The smallest absolute Gasteiger partial charge is 0.274 e. The van der Waals surface area contributed by atoms with E-state index < -0.39 is 0 Å². The zero-order chi connectivity index (χ0) is 10.7. The highest BCUT2D eigenvalue weighted by molar-refractivity contribution is 5.92. The number of aryl methyl sites for hydroxylation is 1. The lowest BCUT2D eigenvalue weighted by molar-refractivity contribution is 0.0743. The molecule has 1 heterocycles. The Morgan fingerprint density at radius 1 is 1.79 bits per heavy atom. The number of amides is 1. The van der Waals surface area contributed by atoms with Crippen LogP contribution in [0.4, 0.5) is 0 Å². The summed E-state index contributed by atoms with van der Waals surface area (Å²) in [6.45, 7) is 2.36. The quantitative estimate of drug-likeness (QED) is 0.730. The van der Waals surface area contributed by atoms with Gasteiger partial charge in [-0.15, -0.1) is 0 Å². The van der Waals surface area contributed by atoms with Gasteiger partial charge in [0.2, 0.25) is 0 Å². The van der Waals surface area contributed by atoms with E-state index in [9.17, 15) is 4.79 Å². The summed E-state index contributed by atoms with van der Waals surface area (Å²) in [5, 5.41) is 0. The van der Waals surface area contributed by atoms with Crippen molar-refractivity contribution in [1.82, 2.24) is 14.5 Å². The first-order valence-electron chi connectivity index (χ1n) is 4.51. The van der Waals surface area contributed by atoms with Crippen LogP contribution in [0.3, 0.4) is 0 Å². The molecule has 78 valence electrons. The summed E-state index contributed by atoms with van der Waals surface area (Å²) in [7, 11) is 3.56. The molecule has 1 atom stereocenters. The van der Waals surface area contributed by atoms with Gasteiger partial charge in [0.15, 0.2) is 0 Å².